The second-order valence-corrected chi connectivity index (χ2v) is 5.46. The van der Waals surface area contributed by atoms with E-state index in [1.165, 1.54) is 44.9 Å². The molecule has 0 saturated carbocycles. The van der Waals surface area contributed by atoms with E-state index < -0.39 is 10.4 Å². The molecule has 112 valence electrons. The fourth-order valence-electron chi connectivity index (χ4n) is 1.75. The minimum absolute atomic E-state index is 0. The monoisotopic (exact) mass is 368 g/mol. The van der Waals surface area contributed by atoms with E-state index in [0.29, 0.717) is 6.42 Å². The maximum atomic E-state index is 10.1. The summed E-state index contributed by atoms with van der Waals surface area (Å²) in [6.07, 6.45) is 11.7. The molecule has 0 saturated heterocycles. The fourth-order valence-corrected chi connectivity index (χ4v) is 2.07. The number of unbranched alkanes of at least 4 members (excludes halogenated alkanes) is 9. The van der Waals surface area contributed by atoms with Crippen molar-refractivity contribution in [3.8, 4) is 0 Å². The average molecular weight is 370 g/mol. The second-order valence-electron chi connectivity index (χ2n) is 4.41. The van der Waals surface area contributed by atoms with Crippen LogP contribution in [0.15, 0.2) is 0 Å². The molecular formula is C12H25NaO5SZn. The Morgan fingerprint density at radius 1 is 0.850 bits per heavy atom. The van der Waals surface area contributed by atoms with Crippen LogP contribution in [-0.2, 0) is 39.5 Å². The van der Waals surface area contributed by atoms with Crippen molar-refractivity contribution in [2.45, 2.75) is 71.1 Å². The van der Waals surface area contributed by atoms with Crippen molar-refractivity contribution in [3.63, 3.8) is 0 Å². The van der Waals surface area contributed by atoms with Crippen LogP contribution in [0.25, 0.3) is 0 Å². The quantitative estimate of drug-likeness (QED) is 0.213. The third-order valence-electron chi connectivity index (χ3n) is 2.73. The molecule has 0 radical (unpaired) electrons. The van der Waals surface area contributed by atoms with Crippen molar-refractivity contribution in [3.05, 3.63) is 0 Å². The van der Waals surface area contributed by atoms with Crippen LogP contribution in [0.3, 0.4) is 0 Å². The van der Waals surface area contributed by atoms with Gasteiger partial charge in [0.1, 0.15) is 0 Å². The van der Waals surface area contributed by atoms with Gasteiger partial charge in [-0.2, -0.15) is 0 Å². The maximum Gasteiger partial charge on any atom is 2.00 e. The number of hydrogen-bond donors (Lipinski definition) is 0. The van der Waals surface area contributed by atoms with Gasteiger partial charge in [-0.1, -0.05) is 64.7 Å². The van der Waals surface area contributed by atoms with Gasteiger partial charge in [0, 0.05) is 0 Å². The molecule has 0 aromatic carbocycles. The van der Waals surface area contributed by atoms with Crippen LogP contribution in [0.1, 0.15) is 71.1 Å². The molecule has 0 aliphatic heterocycles. The van der Waals surface area contributed by atoms with Crippen molar-refractivity contribution >= 4 is 10.4 Å². The van der Waals surface area contributed by atoms with Crippen molar-refractivity contribution in [2.75, 3.05) is 6.61 Å². The zero-order chi connectivity index (χ0) is 13.0. The van der Waals surface area contributed by atoms with Gasteiger partial charge in [0.2, 0.25) is 10.4 Å². The molecule has 0 rings (SSSR count). The molecule has 0 spiro atoms. The molecule has 5 nitrogen and oxygen atoms in total. The van der Waals surface area contributed by atoms with Crippen LogP contribution < -0.4 is 29.6 Å². The van der Waals surface area contributed by atoms with E-state index in [4.69, 9.17) is 0 Å². The van der Waals surface area contributed by atoms with Crippen LogP contribution >= 0.6 is 0 Å². The Bertz CT molecular complexity index is 263. The van der Waals surface area contributed by atoms with E-state index in [1.54, 1.807) is 0 Å². The molecule has 8 heteroatoms. The van der Waals surface area contributed by atoms with Gasteiger partial charge in [0.25, 0.3) is 0 Å². The van der Waals surface area contributed by atoms with Gasteiger partial charge >= 0.3 is 49.0 Å². The van der Waals surface area contributed by atoms with Gasteiger partial charge in [-0.3, -0.25) is 4.18 Å². The molecule has 0 amide bonds. The Morgan fingerprint density at radius 2 is 1.20 bits per heavy atom. The van der Waals surface area contributed by atoms with Crippen molar-refractivity contribution in [1.29, 1.82) is 0 Å². The summed E-state index contributed by atoms with van der Waals surface area (Å²) in [5.74, 6) is 0. The predicted octanol–water partition coefficient (Wildman–Crippen LogP) is 0.267. The smallest absolute Gasteiger partial charge is 2.00 e. The molecule has 0 heterocycles. The molecule has 0 aliphatic rings. The van der Waals surface area contributed by atoms with E-state index in [2.05, 4.69) is 11.1 Å². The van der Waals surface area contributed by atoms with Gasteiger partial charge in [-0.05, 0) is 6.42 Å². The topological polar surface area (TPSA) is 94.9 Å². The molecule has 0 N–H and O–H groups in total. The van der Waals surface area contributed by atoms with Gasteiger partial charge in [0.05, 0.1) is 6.61 Å². The largest absolute Gasteiger partial charge is 2.00 e. The normalized spacial score (nSPS) is 10.1. The molecule has 0 unspecified atom stereocenters. The third-order valence-corrected chi connectivity index (χ3v) is 3.18. The first kappa shape index (κ1) is 29.5. The van der Waals surface area contributed by atoms with Crippen LogP contribution in [0, 0.1) is 0 Å². The van der Waals surface area contributed by atoms with E-state index in [9.17, 15) is 13.0 Å². The zero-order valence-corrected chi connectivity index (χ0v) is 18.7. The van der Waals surface area contributed by atoms with Crippen molar-refractivity contribution in [1.82, 2.24) is 0 Å². The summed E-state index contributed by atoms with van der Waals surface area (Å²) >= 11 is 0. The summed E-state index contributed by atoms with van der Waals surface area (Å²) in [6.45, 7) is 2.24. The molecule has 0 fully saturated rings. The summed E-state index contributed by atoms with van der Waals surface area (Å²) in [5, 5.41) is 0. The average Bonchev–Trinajstić information content (AvgIpc) is 2.24. The van der Waals surface area contributed by atoms with Gasteiger partial charge < -0.3 is 10.0 Å². The predicted molar refractivity (Wildman–Crippen MR) is 68.2 cm³/mol. The molecular weight excluding hydrogens is 345 g/mol. The first-order valence-electron chi connectivity index (χ1n) is 6.66. The van der Waals surface area contributed by atoms with Crippen LogP contribution in [-0.4, -0.2) is 19.6 Å². The molecule has 0 aromatic rings. The molecule has 0 atom stereocenters. The van der Waals surface area contributed by atoms with Crippen LogP contribution in [0.5, 0.6) is 0 Å². The first-order chi connectivity index (χ1) is 8.06. The summed E-state index contributed by atoms with van der Waals surface area (Å²) < 4.78 is 34.5. The Morgan fingerprint density at radius 3 is 1.55 bits per heavy atom. The Balaban J connectivity index is -0.000000427. The Hall–Kier alpha value is 1.45. The van der Waals surface area contributed by atoms with Gasteiger partial charge in [-0.25, -0.2) is 8.42 Å². The molecule has 20 heavy (non-hydrogen) atoms. The molecule has 0 aliphatic carbocycles. The summed E-state index contributed by atoms with van der Waals surface area (Å²) in [4.78, 5) is 0. The minimum Gasteiger partial charge on any atom is -2.00 e. The second kappa shape index (κ2) is 20.5. The minimum atomic E-state index is -4.48. The maximum absolute atomic E-state index is 10.1. The van der Waals surface area contributed by atoms with E-state index in [-0.39, 0.29) is 61.1 Å². The van der Waals surface area contributed by atoms with Crippen LogP contribution in [0.2, 0.25) is 0 Å². The molecule has 0 aromatic heterocycles. The Labute approximate surface area is 158 Å². The van der Waals surface area contributed by atoms with Crippen LogP contribution in [0.4, 0.5) is 0 Å². The van der Waals surface area contributed by atoms with Crippen molar-refractivity contribution < 1.29 is 71.7 Å². The van der Waals surface area contributed by atoms with Crippen molar-refractivity contribution in [2.24, 2.45) is 0 Å². The summed E-state index contributed by atoms with van der Waals surface area (Å²) in [6, 6.07) is 0. The standard InChI is InChI=1S/C12H26O4S.Na.O.Zn/c1-2-3-4-5-6-7-8-9-10-11-12-16-17(13,14)15;;;/h2-12H2,1H3,(H,13,14,15);;;/q;+1;-2;+2/p-1. The third kappa shape index (κ3) is 27.7. The first-order valence-corrected chi connectivity index (χ1v) is 8.00. The van der Waals surface area contributed by atoms with Gasteiger partial charge in [-0.15, -0.1) is 0 Å². The summed E-state index contributed by atoms with van der Waals surface area (Å²) in [7, 11) is -4.48. The number of hydrogen-bond acceptors (Lipinski definition) is 4. The summed E-state index contributed by atoms with van der Waals surface area (Å²) in [5.41, 5.74) is 0. The van der Waals surface area contributed by atoms with E-state index in [1.807, 2.05) is 0 Å². The SMILES string of the molecule is CCCCCCCCCCCCOS(=O)(=O)[O-].[Na+].[O-2].[Zn+2]. The fraction of sp³-hybridized carbons (Fsp3) is 1.00. The van der Waals surface area contributed by atoms with E-state index >= 15 is 0 Å². The van der Waals surface area contributed by atoms with E-state index in [0.717, 1.165) is 12.8 Å². The number of rotatable bonds is 12. The van der Waals surface area contributed by atoms with Gasteiger partial charge in [0.15, 0.2) is 0 Å². The Kier molecular flexibility index (Phi) is 30.1. The molecule has 0 bridgehead atoms. The zero-order valence-electron chi connectivity index (χ0n) is 12.9.